The van der Waals surface area contributed by atoms with Gasteiger partial charge in [0, 0.05) is 10.6 Å². The maximum atomic E-state index is 13.8. The normalized spacial score (nSPS) is 27.4. The van der Waals surface area contributed by atoms with Gasteiger partial charge in [0.1, 0.15) is 11.2 Å². The lowest BCUT2D eigenvalue weighted by Crippen LogP contribution is -2.51. The van der Waals surface area contributed by atoms with Gasteiger partial charge in [0.15, 0.2) is 0 Å². The number of aliphatic hydroxyl groups is 1. The van der Waals surface area contributed by atoms with Gasteiger partial charge >= 0.3 is 5.97 Å². The van der Waals surface area contributed by atoms with Crippen molar-refractivity contribution in [2.75, 3.05) is 7.11 Å². The zero-order valence-electron chi connectivity index (χ0n) is 9.24. The van der Waals surface area contributed by atoms with Crippen LogP contribution < -0.4 is 0 Å². The Morgan fingerprint density at radius 1 is 1.59 bits per heavy atom. The van der Waals surface area contributed by atoms with Crippen LogP contribution in [0.3, 0.4) is 0 Å². The highest BCUT2D eigenvalue weighted by molar-refractivity contribution is 6.30. The van der Waals surface area contributed by atoms with E-state index < -0.39 is 23.3 Å². The minimum atomic E-state index is -1.07. The second-order valence-corrected chi connectivity index (χ2v) is 4.70. The molecule has 2 rings (SSSR count). The summed E-state index contributed by atoms with van der Waals surface area (Å²) >= 11 is 5.66. The van der Waals surface area contributed by atoms with Gasteiger partial charge in [0.05, 0.1) is 13.2 Å². The van der Waals surface area contributed by atoms with E-state index >= 15 is 0 Å². The van der Waals surface area contributed by atoms with E-state index in [0.717, 1.165) is 6.07 Å². The molecule has 1 aliphatic rings. The summed E-state index contributed by atoms with van der Waals surface area (Å²) in [6, 6.07) is 4.15. The predicted molar refractivity (Wildman–Crippen MR) is 60.3 cm³/mol. The molecule has 3 nitrogen and oxygen atoms in total. The molecule has 0 amide bonds. The molecule has 0 heterocycles. The number of carbonyl (C=O) groups excluding carboxylic acids is 1. The quantitative estimate of drug-likeness (QED) is 0.826. The molecule has 0 atom stereocenters. The second-order valence-electron chi connectivity index (χ2n) is 4.26. The van der Waals surface area contributed by atoms with Gasteiger partial charge in [0.2, 0.25) is 0 Å². The average molecular weight is 259 g/mol. The van der Waals surface area contributed by atoms with Crippen LogP contribution in [0.5, 0.6) is 0 Å². The van der Waals surface area contributed by atoms with Crippen molar-refractivity contribution in [3.05, 3.63) is 34.6 Å². The molecule has 5 heteroatoms. The summed E-state index contributed by atoms with van der Waals surface area (Å²) in [6.07, 6.45) is -0.236. The van der Waals surface area contributed by atoms with Crippen molar-refractivity contribution >= 4 is 17.6 Å². The maximum absolute atomic E-state index is 13.8. The summed E-state index contributed by atoms with van der Waals surface area (Å²) in [5.41, 5.74) is -0.831. The van der Waals surface area contributed by atoms with E-state index in [-0.39, 0.29) is 23.4 Å². The Bertz CT molecular complexity index is 455. The lowest BCUT2D eigenvalue weighted by molar-refractivity contribution is -0.156. The van der Waals surface area contributed by atoms with Crippen molar-refractivity contribution < 1.29 is 19.0 Å². The Kier molecular flexibility index (Phi) is 3.10. The van der Waals surface area contributed by atoms with E-state index in [1.165, 1.54) is 19.2 Å². The zero-order chi connectivity index (χ0) is 12.6. The molecule has 0 unspecified atom stereocenters. The van der Waals surface area contributed by atoms with Gasteiger partial charge < -0.3 is 9.84 Å². The molecular formula is C12H12ClFO3. The van der Waals surface area contributed by atoms with Crippen LogP contribution in [0.1, 0.15) is 18.4 Å². The first-order chi connectivity index (χ1) is 7.99. The number of esters is 1. The van der Waals surface area contributed by atoms with Gasteiger partial charge in [-0.15, -0.1) is 0 Å². The highest BCUT2D eigenvalue weighted by atomic mass is 35.5. The fourth-order valence-corrected chi connectivity index (χ4v) is 2.47. The minimum absolute atomic E-state index is 0.179. The molecular weight excluding hydrogens is 247 g/mol. The molecule has 0 aliphatic heterocycles. The second kappa shape index (κ2) is 4.27. The molecule has 0 spiro atoms. The number of methoxy groups -OCH3 is 1. The fraction of sp³-hybridized carbons (Fsp3) is 0.417. The van der Waals surface area contributed by atoms with E-state index in [4.69, 9.17) is 16.3 Å². The molecule has 0 radical (unpaired) electrons. The Morgan fingerprint density at radius 3 is 2.71 bits per heavy atom. The maximum Gasteiger partial charge on any atom is 0.316 e. The van der Waals surface area contributed by atoms with E-state index in [1.54, 1.807) is 0 Å². The molecule has 1 saturated carbocycles. The van der Waals surface area contributed by atoms with E-state index in [0.29, 0.717) is 0 Å². The number of ether oxygens (including phenoxy) is 1. The highest BCUT2D eigenvalue weighted by Crippen LogP contribution is 2.46. The number of halogens is 2. The first-order valence-corrected chi connectivity index (χ1v) is 5.59. The Morgan fingerprint density at radius 2 is 2.24 bits per heavy atom. The van der Waals surface area contributed by atoms with E-state index in [9.17, 15) is 14.3 Å². The summed E-state index contributed by atoms with van der Waals surface area (Å²) in [5.74, 6) is -1.07. The number of hydrogen-bond donors (Lipinski definition) is 1. The lowest BCUT2D eigenvalue weighted by atomic mass is 9.62. The van der Waals surface area contributed by atoms with Crippen molar-refractivity contribution in [1.82, 2.24) is 0 Å². The topological polar surface area (TPSA) is 46.5 Å². The SMILES string of the molecule is COC(=O)[C@]1(c2ccc(Cl)cc2F)C[C@@H](O)C1. The summed E-state index contributed by atoms with van der Waals surface area (Å²) in [5, 5.41) is 9.65. The van der Waals surface area contributed by atoms with Crippen LogP contribution in [0.15, 0.2) is 18.2 Å². The van der Waals surface area contributed by atoms with Gasteiger partial charge in [-0.2, -0.15) is 0 Å². The molecule has 1 fully saturated rings. The lowest BCUT2D eigenvalue weighted by Gasteiger charge is -2.43. The number of benzene rings is 1. The smallest absolute Gasteiger partial charge is 0.316 e. The van der Waals surface area contributed by atoms with Crippen LogP contribution in [-0.2, 0) is 14.9 Å². The van der Waals surface area contributed by atoms with Crippen LogP contribution in [0, 0.1) is 5.82 Å². The van der Waals surface area contributed by atoms with Crippen LogP contribution in [-0.4, -0.2) is 24.3 Å². The third-order valence-corrected chi connectivity index (χ3v) is 3.43. The van der Waals surface area contributed by atoms with Crippen LogP contribution in [0.25, 0.3) is 0 Å². The van der Waals surface area contributed by atoms with Crippen molar-refractivity contribution in [3.8, 4) is 0 Å². The third kappa shape index (κ3) is 1.91. The summed E-state index contributed by atoms with van der Waals surface area (Å²) in [6.45, 7) is 0. The molecule has 0 bridgehead atoms. The molecule has 17 heavy (non-hydrogen) atoms. The molecule has 0 saturated heterocycles. The average Bonchev–Trinajstić information content (AvgIpc) is 2.24. The van der Waals surface area contributed by atoms with Crippen LogP contribution >= 0.6 is 11.6 Å². The standard InChI is InChI=1S/C12H12ClFO3/c1-17-11(16)12(5-8(15)6-12)9-3-2-7(13)4-10(9)14/h2-4,8,15H,5-6H2,1H3/t8-,12-. The number of carbonyl (C=O) groups is 1. The van der Waals surface area contributed by atoms with Gasteiger partial charge in [-0.3, -0.25) is 4.79 Å². The summed E-state index contributed by atoms with van der Waals surface area (Å²) in [7, 11) is 1.25. The Labute approximate surface area is 103 Å². The largest absolute Gasteiger partial charge is 0.468 e. The third-order valence-electron chi connectivity index (χ3n) is 3.19. The minimum Gasteiger partial charge on any atom is -0.468 e. The summed E-state index contributed by atoms with van der Waals surface area (Å²) in [4.78, 5) is 11.8. The highest BCUT2D eigenvalue weighted by Gasteiger charge is 2.53. The molecule has 92 valence electrons. The number of aliphatic hydroxyl groups excluding tert-OH is 1. The van der Waals surface area contributed by atoms with Crippen molar-refractivity contribution in [1.29, 1.82) is 0 Å². The first-order valence-electron chi connectivity index (χ1n) is 5.21. The Balaban J connectivity index is 2.44. The van der Waals surface area contributed by atoms with Crippen LogP contribution in [0.4, 0.5) is 4.39 Å². The van der Waals surface area contributed by atoms with Crippen molar-refractivity contribution in [2.45, 2.75) is 24.4 Å². The monoisotopic (exact) mass is 258 g/mol. The zero-order valence-corrected chi connectivity index (χ0v) is 10.00. The van der Waals surface area contributed by atoms with E-state index in [1.807, 2.05) is 0 Å². The van der Waals surface area contributed by atoms with E-state index in [2.05, 4.69) is 0 Å². The van der Waals surface area contributed by atoms with Crippen LogP contribution in [0.2, 0.25) is 5.02 Å². The Hall–Kier alpha value is -1.13. The molecule has 1 aromatic rings. The number of rotatable bonds is 2. The first kappa shape index (κ1) is 12.3. The predicted octanol–water partition coefficient (Wildman–Crippen LogP) is 2.04. The summed E-state index contributed by atoms with van der Waals surface area (Å²) < 4.78 is 18.5. The van der Waals surface area contributed by atoms with Crippen molar-refractivity contribution in [2.24, 2.45) is 0 Å². The van der Waals surface area contributed by atoms with Gasteiger partial charge in [0.25, 0.3) is 0 Å². The van der Waals surface area contributed by atoms with Gasteiger partial charge in [-0.05, 0) is 25.0 Å². The molecule has 0 aromatic heterocycles. The van der Waals surface area contributed by atoms with Crippen molar-refractivity contribution in [3.63, 3.8) is 0 Å². The van der Waals surface area contributed by atoms with Gasteiger partial charge in [-0.25, -0.2) is 4.39 Å². The fourth-order valence-electron chi connectivity index (χ4n) is 2.31. The van der Waals surface area contributed by atoms with Gasteiger partial charge in [-0.1, -0.05) is 17.7 Å². The molecule has 1 aromatic carbocycles. The molecule has 1 N–H and O–H groups in total. The molecule has 1 aliphatic carbocycles. The number of hydrogen-bond acceptors (Lipinski definition) is 3.